The van der Waals surface area contributed by atoms with Crippen molar-refractivity contribution in [3.8, 4) is 17.2 Å². The highest BCUT2D eigenvalue weighted by molar-refractivity contribution is 7.99. The summed E-state index contributed by atoms with van der Waals surface area (Å²) in [6.45, 7) is 1.81. The van der Waals surface area contributed by atoms with Crippen LogP contribution in [0.5, 0.6) is 17.2 Å². The maximum Gasteiger partial charge on any atom is 0.416 e. The van der Waals surface area contributed by atoms with Crippen LogP contribution < -0.4 is 9.47 Å². The zero-order chi connectivity index (χ0) is 25.4. The van der Waals surface area contributed by atoms with Gasteiger partial charge in [0.1, 0.15) is 11.6 Å². The normalized spacial score (nSPS) is 12.2. The van der Waals surface area contributed by atoms with Gasteiger partial charge in [-0.05, 0) is 73.5 Å². The van der Waals surface area contributed by atoms with E-state index in [1.54, 1.807) is 11.8 Å². The number of alkyl halides is 3. The van der Waals surface area contributed by atoms with Gasteiger partial charge in [-0.3, -0.25) is 4.79 Å². The SMILES string of the molecule is COC(=O)Cc1cccc(SCCC(C)Oc2ccc(C(F)(F)F)cc2Oc2ccc(F)cc2)c1. The number of esters is 1. The van der Waals surface area contributed by atoms with Crippen molar-refractivity contribution >= 4 is 17.7 Å². The van der Waals surface area contributed by atoms with Crippen LogP contribution >= 0.6 is 11.8 Å². The second kappa shape index (κ2) is 12.0. The third-order valence-electron chi connectivity index (χ3n) is 4.91. The highest BCUT2D eigenvalue weighted by atomic mass is 32.2. The summed E-state index contributed by atoms with van der Waals surface area (Å²) in [5.74, 6) is 0.105. The van der Waals surface area contributed by atoms with Crippen LogP contribution in [0.15, 0.2) is 71.6 Å². The molecule has 35 heavy (non-hydrogen) atoms. The van der Waals surface area contributed by atoms with E-state index in [0.29, 0.717) is 12.2 Å². The molecule has 0 aliphatic carbocycles. The van der Waals surface area contributed by atoms with E-state index >= 15 is 0 Å². The van der Waals surface area contributed by atoms with Gasteiger partial charge in [-0.15, -0.1) is 11.8 Å². The Morgan fingerprint density at radius 2 is 1.74 bits per heavy atom. The van der Waals surface area contributed by atoms with E-state index in [0.717, 1.165) is 34.7 Å². The van der Waals surface area contributed by atoms with Crippen LogP contribution in [0.25, 0.3) is 0 Å². The molecule has 0 saturated carbocycles. The average Bonchev–Trinajstić information content (AvgIpc) is 2.81. The predicted octanol–water partition coefficient (Wildman–Crippen LogP) is 7.30. The predicted molar refractivity (Wildman–Crippen MR) is 126 cm³/mol. The Kier molecular flexibility index (Phi) is 9.03. The van der Waals surface area contributed by atoms with Crippen LogP contribution in [-0.4, -0.2) is 24.9 Å². The Hall–Kier alpha value is -3.20. The fourth-order valence-corrected chi connectivity index (χ4v) is 4.19. The number of ether oxygens (including phenoxy) is 3. The minimum absolute atomic E-state index is 0.110. The average molecular weight is 509 g/mol. The fourth-order valence-electron chi connectivity index (χ4n) is 3.09. The van der Waals surface area contributed by atoms with Crippen LogP contribution in [0.1, 0.15) is 24.5 Å². The Bertz CT molecular complexity index is 1130. The molecule has 9 heteroatoms. The zero-order valence-corrected chi connectivity index (χ0v) is 19.9. The lowest BCUT2D eigenvalue weighted by molar-refractivity contribution is -0.140. The highest BCUT2D eigenvalue weighted by Gasteiger charge is 2.31. The number of carbonyl (C=O) groups is 1. The van der Waals surface area contributed by atoms with Crippen molar-refractivity contribution in [1.29, 1.82) is 0 Å². The van der Waals surface area contributed by atoms with Crippen molar-refractivity contribution < 1.29 is 36.6 Å². The first-order valence-corrected chi connectivity index (χ1v) is 11.7. The molecule has 0 radical (unpaired) electrons. The molecule has 0 heterocycles. The first-order chi connectivity index (χ1) is 16.6. The lowest BCUT2D eigenvalue weighted by Gasteiger charge is -2.19. The van der Waals surface area contributed by atoms with E-state index in [2.05, 4.69) is 4.74 Å². The Labute approximate surface area is 205 Å². The number of hydrogen-bond acceptors (Lipinski definition) is 5. The van der Waals surface area contributed by atoms with Gasteiger partial charge in [-0.25, -0.2) is 4.39 Å². The van der Waals surface area contributed by atoms with Crippen LogP contribution in [0.4, 0.5) is 17.6 Å². The molecule has 0 aliphatic rings. The zero-order valence-electron chi connectivity index (χ0n) is 19.1. The molecule has 186 valence electrons. The lowest BCUT2D eigenvalue weighted by atomic mass is 10.1. The molecule has 3 aromatic rings. The monoisotopic (exact) mass is 508 g/mol. The molecular weight excluding hydrogens is 484 g/mol. The first-order valence-electron chi connectivity index (χ1n) is 10.7. The topological polar surface area (TPSA) is 44.8 Å². The minimum atomic E-state index is -4.55. The number of benzene rings is 3. The van der Waals surface area contributed by atoms with Crippen molar-refractivity contribution in [2.75, 3.05) is 12.9 Å². The summed E-state index contributed by atoms with van der Waals surface area (Å²) in [4.78, 5) is 12.4. The third kappa shape index (κ3) is 8.20. The quantitative estimate of drug-likeness (QED) is 0.163. The number of thioether (sulfide) groups is 1. The van der Waals surface area contributed by atoms with Gasteiger partial charge in [0.05, 0.1) is 25.2 Å². The highest BCUT2D eigenvalue weighted by Crippen LogP contribution is 2.39. The molecule has 0 aliphatic heterocycles. The van der Waals surface area contributed by atoms with Gasteiger partial charge in [-0.2, -0.15) is 13.2 Å². The lowest BCUT2D eigenvalue weighted by Crippen LogP contribution is -2.14. The second-order valence-corrected chi connectivity index (χ2v) is 8.85. The number of halogens is 4. The minimum Gasteiger partial charge on any atom is -0.487 e. The number of carbonyl (C=O) groups excluding carboxylic acids is 1. The van der Waals surface area contributed by atoms with Crippen molar-refractivity contribution in [1.82, 2.24) is 0 Å². The van der Waals surface area contributed by atoms with Crippen LogP contribution in [0.3, 0.4) is 0 Å². The van der Waals surface area contributed by atoms with Crippen molar-refractivity contribution in [3.63, 3.8) is 0 Å². The molecule has 1 unspecified atom stereocenters. The number of hydrogen-bond donors (Lipinski definition) is 0. The van der Waals surface area contributed by atoms with E-state index in [-0.39, 0.29) is 35.7 Å². The van der Waals surface area contributed by atoms with Crippen molar-refractivity contribution in [2.24, 2.45) is 0 Å². The summed E-state index contributed by atoms with van der Waals surface area (Å²) in [5.41, 5.74) is -0.0320. The molecule has 0 N–H and O–H groups in total. The summed E-state index contributed by atoms with van der Waals surface area (Å²) in [7, 11) is 1.34. The Morgan fingerprint density at radius 3 is 2.43 bits per heavy atom. The molecule has 0 bridgehead atoms. The van der Waals surface area contributed by atoms with Gasteiger partial charge in [0.2, 0.25) is 0 Å². The second-order valence-electron chi connectivity index (χ2n) is 7.68. The van der Waals surface area contributed by atoms with Gasteiger partial charge in [0.15, 0.2) is 11.5 Å². The standard InChI is InChI=1S/C26H24F4O4S/c1-17(12-13-35-22-5-3-4-18(14-22)15-25(31)32-2)33-23-11-6-19(26(28,29)30)16-24(23)34-21-9-7-20(27)8-10-21/h3-11,14,16-17H,12-13,15H2,1-2H3. The van der Waals surface area contributed by atoms with Crippen LogP contribution in [0, 0.1) is 5.82 Å². The number of rotatable bonds is 10. The van der Waals surface area contributed by atoms with Gasteiger partial charge >= 0.3 is 12.1 Å². The maximum absolute atomic E-state index is 13.2. The fraction of sp³-hybridized carbons (Fsp3) is 0.269. The third-order valence-corrected chi connectivity index (χ3v) is 5.94. The molecule has 0 amide bonds. The van der Waals surface area contributed by atoms with Crippen molar-refractivity contribution in [3.05, 3.63) is 83.7 Å². The van der Waals surface area contributed by atoms with Gasteiger partial charge in [0.25, 0.3) is 0 Å². The summed E-state index contributed by atoms with van der Waals surface area (Å²) < 4.78 is 69.0. The van der Waals surface area contributed by atoms with Gasteiger partial charge in [0, 0.05) is 10.6 Å². The molecule has 1 atom stereocenters. The number of methoxy groups -OCH3 is 1. The summed E-state index contributed by atoms with van der Waals surface area (Å²) in [6.07, 6.45) is -4.09. The first kappa shape index (κ1) is 26.4. The van der Waals surface area contributed by atoms with Crippen LogP contribution in [-0.2, 0) is 22.1 Å². The van der Waals surface area contributed by atoms with Crippen LogP contribution in [0.2, 0.25) is 0 Å². The van der Waals surface area contributed by atoms with Gasteiger partial charge in [-0.1, -0.05) is 12.1 Å². The molecule has 3 rings (SSSR count). The Balaban J connectivity index is 1.64. The van der Waals surface area contributed by atoms with E-state index in [9.17, 15) is 22.4 Å². The summed E-state index contributed by atoms with van der Waals surface area (Å²) >= 11 is 1.57. The largest absolute Gasteiger partial charge is 0.487 e. The maximum atomic E-state index is 13.2. The van der Waals surface area contributed by atoms with Crippen molar-refractivity contribution in [2.45, 2.75) is 36.9 Å². The molecule has 3 aromatic carbocycles. The van der Waals surface area contributed by atoms with E-state index < -0.39 is 17.6 Å². The van der Waals surface area contributed by atoms with Gasteiger partial charge < -0.3 is 14.2 Å². The molecule has 0 aromatic heterocycles. The molecular formula is C26H24F4O4S. The Morgan fingerprint density at radius 1 is 1.00 bits per heavy atom. The molecule has 0 spiro atoms. The van der Waals surface area contributed by atoms with E-state index in [1.165, 1.54) is 25.3 Å². The molecule has 0 saturated heterocycles. The summed E-state index contributed by atoms with van der Waals surface area (Å²) in [5, 5.41) is 0. The molecule has 0 fully saturated rings. The smallest absolute Gasteiger partial charge is 0.416 e. The molecule has 4 nitrogen and oxygen atoms in total. The van der Waals surface area contributed by atoms with E-state index in [4.69, 9.17) is 9.47 Å². The summed E-state index contributed by atoms with van der Waals surface area (Å²) in [6, 6.07) is 15.5. The van der Waals surface area contributed by atoms with E-state index in [1.807, 2.05) is 31.2 Å².